The summed E-state index contributed by atoms with van der Waals surface area (Å²) >= 11 is 0. The SMILES string of the molecule is Cc1cnc(NC2CCN(S(=O)(=O)C3CC3)CC2)nc1-c1cnn(C(C)(C)C(N)=O)c1. The molecule has 1 amide bonds. The summed E-state index contributed by atoms with van der Waals surface area (Å²) < 4.78 is 28.0. The van der Waals surface area contributed by atoms with Crippen molar-refractivity contribution in [1.82, 2.24) is 24.1 Å². The number of piperidine rings is 1. The molecule has 2 fully saturated rings. The molecule has 168 valence electrons. The van der Waals surface area contributed by atoms with Gasteiger partial charge < -0.3 is 11.1 Å². The molecule has 0 bridgehead atoms. The molecule has 11 heteroatoms. The molecule has 2 aliphatic rings. The maximum Gasteiger partial charge on any atom is 0.244 e. The van der Waals surface area contributed by atoms with Gasteiger partial charge in [0.1, 0.15) is 5.54 Å². The Labute approximate surface area is 182 Å². The van der Waals surface area contributed by atoms with E-state index in [-0.39, 0.29) is 11.3 Å². The second-order valence-corrected chi connectivity index (χ2v) is 11.1. The first-order valence-corrected chi connectivity index (χ1v) is 12.0. The monoisotopic (exact) mass is 447 g/mol. The molecular weight excluding hydrogens is 418 g/mol. The van der Waals surface area contributed by atoms with Crippen LogP contribution in [0.15, 0.2) is 18.6 Å². The minimum absolute atomic E-state index is 0.109. The maximum absolute atomic E-state index is 12.4. The number of hydrogen-bond acceptors (Lipinski definition) is 7. The number of anilines is 1. The van der Waals surface area contributed by atoms with Crippen molar-refractivity contribution in [3.05, 3.63) is 24.2 Å². The van der Waals surface area contributed by atoms with E-state index in [9.17, 15) is 13.2 Å². The van der Waals surface area contributed by atoms with Crippen LogP contribution in [0.25, 0.3) is 11.3 Å². The summed E-state index contributed by atoms with van der Waals surface area (Å²) in [5.41, 5.74) is 6.91. The van der Waals surface area contributed by atoms with Gasteiger partial charge in [0.05, 0.1) is 17.1 Å². The quantitative estimate of drug-likeness (QED) is 0.651. The molecular formula is C20H29N7O3S. The number of nitrogens with one attached hydrogen (secondary N) is 1. The number of hydrogen-bond donors (Lipinski definition) is 2. The van der Waals surface area contributed by atoms with Crippen molar-refractivity contribution in [2.24, 2.45) is 5.73 Å². The van der Waals surface area contributed by atoms with Gasteiger partial charge in [-0.2, -0.15) is 5.10 Å². The Balaban J connectivity index is 1.46. The number of nitrogens with zero attached hydrogens (tertiary/aromatic N) is 5. The highest BCUT2D eigenvalue weighted by atomic mass is 32.2. The van der Waals surface area contributed by atoms with E-state index < -0.39 is 21.5 Å². The van der Waals surface area contributed by atoms with Crippen LogP contribution in [-0.4, -0.2) is 62.8 Å². The zero-order chi connectivity index (χ0) is 22.4. The molecule has 0 aromatic carbocycles. The van der Waals surface area contributed by atoms with Crippen LogP contribution in [0, 0.1) is 6.92 Å². The predicted octanol–water partition coefficient (Wildman–Crippen LogP) is 1.24. The van der Waals surface area contributed by atoms with Crippen LogP contribution in [0.1, 0.15) is 45.1 Å². The summed E-state index contributed by atoms with van der Waals surface area (Å²) in [5.74, 6) is 0.0185. The summed E-state index contributed by atoms with van der Waals surface area (Å²) in [6, 6.07) is 0.109. The molecule has 0 spiro atoms. The van der Waals surface area contributed by atoms with Gasteiger partial charge in [-0.25, -0.2) is 22.7 Å². The molecule has 3 heterocycles. The first-order chi connectivity index (χ1) is 14.6. The standard InChI is InChI=1S/C20H29N7O3S/c1-13-10-22-19(24-15-6-8-26(9-7-15)31(29,30)16-4-5-16)25-17(13)14-11-23-27(12-14)20(2,3)18(21)28/h10-12,15-16H,4-9H2,1-3H3,(H2,21,28)(H,22,24,25). The van der Waals surface area contributed by atoms with Gasteiger partial charge in [-0.3, -0.25) is 9.48 Å². The van der Waals surface area contributed by atoms with Crippen LogP contribution < -0.4 is 11.1 Å². The lowest BCUT2D eigenvalue weighted by Crippen LogP contribution is -2.43. The highest BCUT2D eigenvalue weighted by Crippen LogP contribution is 2.32. The van der Waals surface area contributed by atoms with E-state index in [0.29, 0.717) is 31.9 Å². The minimum Gasteiger partial charge on any atom is -0.368 e. The van der Waals surface area contributed by atoms with Crippen LogP contribution in [0.5, 0.6) is 0 Å². The lowest BCUT2D eigenvalue weighted by Gasteiger charge is -2.31. The average molecular weight is 448 g/mol. The zero-order valence-electron chi connectivity index (χ0n) is 18.1. The van der Waals surface area contributed by atoms with Crippen LogP contribution in [0.4, 0.5) is 5.95 Å². The summed E-state index contributed by atoms with van der Waals surface area (Å²) in [4.78, 5) is 20.8. The summed E-state index contributed by atoms with van der Waals surface area (Å²) in [7, 11) is -3.12. The van der Waals surface area contributed by atoms with Crippen molar-refractivity contribution in [3.8, 4) is 11.3 Å². The Morgan fingerprint density at radius 1 is 1.19 bits per heavy atom. The number of primary amides is 1. The van der Waals surface area contributed by atoms with Gasteiger partial charge in [-0.15, -0.1) is 0 Å². The fraction of sp³-hybridized carbons (Fsp3) is 0.600. The van der Waals surface area contributed by atoms with E-state index in [1.165, 1.54) is 4.68 Å². The Kier molecular flexibility index (Phi) is 5.50. The summed E-state index contributed by atoms with van der Waals surface area (Å²) in [6.45, 7) is 6.37. The Morgan fingerprint density at radius 2 is 1.87 bits per heavy atom. The molecule has 2 aromatic heterocycles. The van der Waals surface area contributed by atoms with Gasteiger partial charge in [-0.1, -0.05) is 0 Å². The first kappa shape index (κ1) is 21.7. The maximum atomic E-state index is 12.4. The molecule has 1 aliphatic heterocycles. The summed E-state index contributed by atoms with van der Waals surface area (Å²) in [6.07, 6.45) is 8.15. The molecule has 3 N–H and O–H groups in total. The summed E-state index contributed by atoms with van der Waals surface area (Å²) in [5, 5.41) is 7.47. The molecule has 1 saturated heterocycles. The van der Waals surface area contributed by atoms with Crippen molar-refractivity contribution in [2.45, 2.75) is 63.3 Å². The second kappa shape index (κ2) is 7.86. The molecule has 0 unspecified atom stereocenters. The van der Waals surface area contributed by atoms with Gasteiger partial charge in [0, 0.05) is 37.1 Å². The van der Waals surface area contributed by atoms with Crippen molar-refractivity contribution < 1.29 is 13.2 Å². The average Bonchev–Trinajstić information content (AvgIpc) is 3.47. The van der Waals surface area contributed by atoms with Crippen molar-refractivity contribution in [3.63, 3.8) is 0 Å². The van der Waals surface area contributed by atoms with Gasteiger partial charge in [-0.05, 0) is 52.0 Å². The van der Waals surface area contributed by atoms with Crippen LogP contribution in [0.2, 0.25) is 0 Å². The molecule has 10 nitrogen and oxygen atoms in total. The smallest absolute Gasteiger partial charge is 0.244 e. The lowest BCUT2D eigenvalue weighted by atomic mass is 10.1. The third-order valence-electron chi connectivity index (χ3n) is 6.10. The fourth-order valence-electron chi connectivity index (χ4n) is 3.68. The van der Waals surface area contributed by atoms with Gasteiger partial charge in [0.2, 0.25) is 21.9 Å². The lowest BCUT2D eigenvalue weighted by molar-refractivity contribution is -0.125. The van der Waals surface area contributed by atoms with E-state index in [0.717, 1.165) is 29.7 Å². The van der Waals surface area contributed by atoms with Gasteiger partial charge in [0.15, 0.2) is 0 Å². The minimum atomic E-state index is -3.12. The number of rotatable bonds is 7. The largest absolute Gasteiger partial charge is 0.368 e. The molecule has 4 rings (SSSR count). The van der Waals surface area contributed by atoms with Crippen molar-refractivity contribution >= 4 is 21.9 Å². The Morgan fingerprint density at radius 3 is 2.48 bits per heavy atom. The van der Waals surface area contributed by atoms with E-state index in [1.807, 2.05) is 6.92 Å². The number of aryl methyl sites for hydroxylation is 1. The van der Waals surface area contributed by atoms with Crippen LogP contribution in [-0.2, 0) is 20.4 Å². The normalized spacial score (nSPS) is 18.8. The number of aromatic nitrogens is 4. The number of carbonyl (C=O) groups is 1. The van der Waals surface area contributed by atoms with E-state index in [2.05, 4.69) is 20.4 Å². The van der Waals surface area contributed by atoms with Crippen molar-refractivity contribution in [1.29, 1.82) is 0 Å². The topological polar surface area (TPSA) is 136 Å². The number of sulfonamides is 1. The van der Waals surface area contributed by atoms with Gasteiger partial charge in [0.25, 0.3) is 0 Å². The predicted molar refractivity (Wildman–Crippen MR) is 117 cm³/mol. The number of carbonyl (C=O) groups excluding carboxylic acids is 1. The van der Waals surface area contributed by atoms with E-state index in [1.54, 1.807) is 36.7 Å². The number of nitrogens with two attached hydrogens (primary N) is 1. The van der Waals surface area contributed by atoms with Gasteiger partial charge >= 0.3 is 0 Å². The first-order valence-electron chi connectivity index (χ1n) is 10.5. The Hall–Kier alpha value is -2.53. The van der Waals surface area contributed by atoms with E-state index in [4.69, 9.17) is 5.73 Å². The Bertz CT molecular complexity index is 1080. The molecule has 0 atom stereocenters. The highest BCUT2D eigenvalue weighted by molar-refractivity contribution is 7.90. The van der Waals surface area contributed by atoms with Crippen LogP contribution in [0.3, 0.4) is 0 Å². The molecule has 31 heavy (non-hydrogen) atoms. The third-order valence-corrected chi connectivity index (χ3v) is 8.49. The highest BCUT2D eigenvalue weighted by Gasteiger charge is 2.41. The van der Waals surface area contributed by atoms with Crippen molar-refractivity contribution in [2.75, 3.05) is 18.4 Å². The number of amides is 1. The fourth-order valence-corrected chi connectivity index (χ4v) is 5.55. The van der Waals surface area contributed by atoms with Crippen LogP contribution >= 0.6 is 0 Å². The van der Waals surface area contributed by atoms with E-state index >= 15 is 0 Å². The second-order valence-electron chi connectivity index (χ2n) is 8.88. The molecule has 1 saturated carbocycles. The molecule has 1 aliphatic carbocycles. The molecule has 2 aromatic rings. The zero-order valence-corrected chi connectivity index (χ0v) is 18.9. The molecule has 0 radical (unpaired) electrons. The third kappa shape index (κ3) is 4.29.